The molecular weight excluding hydrogens is 232 g/mol. The highest BCUT2D eigenvalue weighted by atomic mass is 15.2. The summed E-state index contributed by atoms with van der Waals surface area (Å²) in [5.41, 5.74) is 2.90. The standard InChI is InChI=1S/C17H28N2/c1-4-18-12-14(2)17-9-7-16(8-10-17)13-19-11-5-6-15(19)3/h7-10,14-15,18H,4-6,11-13H2,1-3H3. The van der Waals surface area contributed by atoms with Gasteiger partial charge in [-0.15, -0.1) is 0 Å². The van der Waals surface area contributed by atoms with E-state index in [0.717, 1.165) is 25.7 Å². The highest BCUT2D eigenvalue weighted by Crippen LogP contribution is 2.21. The highest BCUT2D eigenvalue weighted by Gasteiger charge is 2.19. The summed E-state index contributed by atoms with van der Waals surface area (Å²) in [5.74, 6) is 0.597. The molecule has 2 nitrogen and oxygen atoms in total. The predicted octanol–water partition coefficient (Wildman–Crippen LogP) is 3.38. The first kappa shape index (κ1) is 14.5. The van der Waals surface area contributed by atoms with Crippen LogP contribution in [0.4, 0.5) is 0 Å². The Morgan fingerprint density at radius 2 is 2.05 bits per heavy atom. The number of benzene rings is 1. The number of rotatable bonds is 6. The van der Waals surface area contributed by atoms with Crippen molar-refractivity contribution in [2.45, 2.75) is 52.1 Å². The summed E-state index contributed by atoms with van der Waals surface area (Å²) in [6.45, 7) is 11.3. The normalized spacial score (nSPS) is 21.7. The van der Waals surface area contributed by atoms with Gasteiger partial charge in [0.2, 0.25) is 0 Å². The fraction of sp³-hybridized carbons (Fsp3) is 0.647. The fourth-order valence-corrected chi connectivity index (χ4v) is 2.89. The summed E-state index contributed by atoms with van der Waals surface area (Å²) in [6.07, 6.45) is 2.72. The second-order valence-corrected chi connectivity index (χ2v) is 5.91. The molecule has 2 atom stereocenters. The largest absolute Gasteiger partial charge is 0.316 e. The molecule has 0 spiro atoms. The van der Waals surface area contributed by atoms with Gasteiger partial charge in [-0.1, -0.05) is 38.1 Å². The topological polar surface area (TPSA) is 15.3 Å². The van der Waals surface area contributed by atoms with Gasteiger partial charge >= 0.3 is 0 Å². The van der Waals surface area contributed by atoms with Crippen molar-refractivity contribution in [1.29, 1.82) is 0 Å². The Balaban J connectivity index is 1.90. The minimum atomic E-state index is 0.597. The Bertz CT molecular complexity index is 371. The number of hydrogen-bond acceptors (Lipinski definition) is 2. The molecule has 1 aromatic carbocycles. The van der Waals surface area contributed by atoms with Gasteiger partial charge in [0.05, 0.1) is 0 Å². The molecule has 19 heavy (non-hydrogen) atoms. The van der Waals surface area contributed by atoms with Crippen molar-refractivity contribution in [1.82, 2.24) is 10.2 Å². The van der Waals surface area contributed by atoms with Crippen molar-refractivity contribution in [2.24, 2.45) is 0 Å². The molecule has 1 heterocycles. The monoisotopic (exact) mass is 260 g/mol. The molecule has 2 heteroatoms. The molecule has 0 aromatic heterocycles. The molecule has 0 radical (unpaired) electrons. The number of likely N-dealkylation sites (tertiary alicyclic amines) is 1. The third-order valence-corrected chi connectivity index (χ3v) is 4.33. The van der Waals surface area contributed by atoms with Gasteiger partial charge in [-0.3, -0.25) is 4.90 Å². The Hall–Kier alpha value is -0.860. The van der Waals surface area contributed by atoms with Crippen LogP contribution in [0.15, 0.2) is 24.3 Å². The van der Waals surface area contributed by atoms with E-state index in [1.165, 1.54) is 30.5 Å². The van der Waals surface area contributed by atoms with E-state index in [2.05, 4.69) is 55.3 Å². The summed E-state index contributed by atoms with van der Waals surface area (Å²) in [5, 5.41) is 3.42. The zero-order valence-electron chi connectivity index (χ0n) is 12.7. The second kappa shape index (κ2) is 7.06. The van der Waals surface area contributed by atoms with Gasteiger partial charge in [0.15, 0.2) is 0 Å². The van der Waals surface area contributed by atoms with Crippen molar-refractivity contribution >= 4 is 0 Å². The van der Waals surface area contributed by atoms with E-state index in [0.29, 0.717) is 5.92 Å². The van der Waals surface area contributed by atoms with Crippen molar-refractivity contribution in [3.05, 3.63) is 35.4 Å². The molecule has 1 aliphatic rings. The first-order chi connectivity index (χ1) is 9.20. The molecular formula is C17H28N2. The van der Waals surface area contributed by atoms with E-state index in [4.69, 9.17) is 0 Å². The molecule has 106 valence electrons. The molecule has 0 saturated carbocycles. The number of nitrogens with one attached hydrogen (secondary N) is 1. The zero-order valence-corrected chi connectivity index (χ0v) is 12.7. The van der Waals surface area contributed by atoms with Gasteiger partial charge in [0, 0.05) is 19.1 Å². The number of nitrogens with zero attached hydrogens (tertiary/aromatic N) is 1. The summed E-state index contributed by atoms with van der Waals surface area (Å²) < 4.78 is 0. The quantitative estimate of drug-likeness (QED) is 0.843. The van der Waals surface area contributed by atoms with Crippen molar-refractivity contribution in [2.75, 3.05) is 19.6 Å². The molecule has 1 aliphatic heterocycles. The molecule has 0 bridgehead atoms. The molecule has 1 fully saturated rings. The molecule has 1 saturated heterocycles. The van der Waals surface area contributed by atoms with Crippen LogP contribution < -0.4 is 5.32 Å². The molecule has 1 aromatic rings. The maximum Gasteiger partial charge on any atom is 0.0236 e. The molecule has 0 aliphatic carbocycles. The van der Waals surface area contributed by atoms with Gasteiger partial charge in [-0.05, 0) is 49.9 Å². The van der Waals surface area contributed by atoms with Crippen LogP contribution in [0.25, 0.3) is 0 Å². The SMILES string of the molecule is CCNCC(C)c1ccc(CN2CCCC2C)cc1. The zero-order chi connectivity index (χ0) is 13.7. The maximum atomic E-state index is 3.42. The smallest absolute Gasteiger partial charge is 0.0236 e. The summed E-state index contributed by atoms with van der Waals surface area (Å²) in [7, 11) is 0. The van der Waals surface area contributed by atoms with Crippen LogP contribution in [-0.4, -0.2) is 30.6 Å². The van der Waals surface area contributed by atoms with Crippen LogP contribution in [0.3, 0.4) is 0 Å². The van der Waals surface area contributed by atoms with Crippen LogP contribution >= 0.6 is 0 Å². The van der Waals surface area contributed by atoms with Crippen LogP contribution in [-0.2, 0) is 6.54 Å². The maximum absolute atomic E-state index is 3.42. The first-order valence-electron chi connectivity index (χ1n) is 7.74. The third kappa shape index (κ3) is 4.05. The van der Waals surface area contributed by atoms with Gasteiger partial charge in [-0.25, -0.2) is 0 Å². The Labute approximate surface area is 118 Å². The molecule has 2 unspecified atom stereocenters. The van der Waals surface area contributed by atoms with Crippen molar-refractivity contribution in [3.63, 3.8) is 0 Å². The van der Waals surface area contributed by atoms with Crippen LogP contribution in [0.2, 0.25) is 0 Å². The Kier molecular flexibility index (Phi) is 5.41. The van der Waals surface area contributed by atoms with Crippen molar-refractivity contribution < 1.29 is 0 Å². The number of likely N-dealkylation sites (N-methyl/N-ethyl adjacent to an activating group) is 1. The highest BCUT2D eigenvalue weighted by molar-refractivity contribution is 5.25. The average Bonchev–Trinajstić information content (AvgIpc) is 2.82. The third-order valence-electron chi connectivity index (χ3n) is 4.33. The summed E-state index contributed by atoms with van der Waals surface area (Å²) in [6, 6.07) is 9.98. The molecule has 0 amide bonds. The second-order valence-electron chi connectivity index (χ2n) is 5.91. The fourth-order valence-electron chi connectivity index (χ4n) is 2.89. The van der Waals surface area contributed by atoms with Gasteiger partial charge in [0.25, 0.3) is 0 Å². The minimum Gasteiger partial charge on any atom is -0.316 e. The lowest BCUT2D eigenvalue weighted by Gasteiger charge is -2.21. The average molecular weight is 260 g/mol. The van der Waals surface area contributed by atoms with Gasteiger partial charge in [0.1, 0.15) is 0 Å². The van der Waals surface area contributed by atoms with Crippen molar-refractivity contribution in [3.8, 4) is 0 Å². The minimum absolute atomic E-state index is 0.597. The van der Waals surface area contributed by atoms with Crippen LogP contribution in [0.5, 0.6) is 0 Å². The summed E-state index contributed by atoms with van der Waals surface area (Å²) >= 11 is 0. The lowest BCUT2D eigenvalue weighted by atomic mass is 9.99. The van der Waals surface area contributed by atoms with Gasteiger partial charge in [-0.2, -0.15) is 0 Å². The number of hydrogen-bond donors (Lipinski definition) is 1. The van der Waals surface area contributed by atoms with E-state index in [1.54, 1.807) is 0 Å². The lowest BCUT2D eigenvalue weighted by Crippen LogP contribution is -2.26. The Morgan fingerprint density at radius 3 is 2.63 bits per heavy atom. The summed E-state index contributed by atoms with van der Waals surface area (Å²) in [4.78, 5) is 2.59. The van der Waals surface area contributed by atoms with E-state index < -0.39 is 0 Å². The van der Waals surface area contributed by atoms with Crippen LogP contribution in [0, 0.1) is 0 Å². The van der Waals surface area contributed by atoms with Crippen LogP contribution in [0.1, 0.15) is 50.7 Å². The lowest BCUT2D eigenvalue weighted by molar-refractivity contribution is 0.260. The Morgan fingerprint density at radius 1 is 1.32 bits per heavy atom. The molecule has 2 rings (SSSR count). The molecule has 1 N–H and O–H groups in total. The van der Waals surface area contributed by atoms with E-state index in [-0.39, 0.29) is 0 Å². The predicted molar refractivity (Wildman–Crippen MR) is 82.5 cm³/mol. The van der Waals surface area contributed by atoms with E-state index in [9.17, 15) is 0 Å². The van der Waals surface area contributed by atoms with E-state index in [1.807, 2.05) is 0 Å². The van der Waals surface area contributed by atoms with E-state index >= 15 is 0 Å². The van der Waals surface area contributed by atoms with Gasteiger partial charge < -0.3 is 5.32 Å². The first-order valence-corrected chi connectivity index (χ1v) is 7.74.